The standard InChI is InChI=1S/C16H15BrFN3OS2/c1-8-9(2)24-15-13(8)14(19)20-16(21-15)23-4-3-22-12-6-10(17)5-11(18)7-12/h5-7H,3-4H2,1-2H3,(H2,19,20,21). The molecule has 0 aliphatic rings. The van der Waals surface area contributed by atoms with E-state index >= 15 is 0 Å². The van der Waals surface area contributed by atoms with Crippen molar-refractivity contribution in [2.24, 2.45) is 0 Å². The van der Waals surface area contributed by atoms with Crippen LogP contribution in [0.2, 0.25) is 0 Å². The summed E-state index contributed by atoms with van der Waals surface area (Å²) in [5.74, 6) is 1.31. The Bertz CT molecular complexity index is 880. The van der Waals surface area contributed by atoms with Gasteiger partial charge in [-0.25, -0.2) is 14.4 Å². The zero-order valence-electron chi connectivity index (χ0n) is 13.1. The van der Waals surface area contributed by atoms with Crippen LogP contribution in [0.5, 0.6) is 5.75 Å². The number of thiophene rings is 1. The van der Waals surface area contributed by atoms with E-state index in [1.54, 1.807) is 17.4 Å². The van der Waals surface area contributed by atoms with Gasteiger partial charge in [-0.2, -0.15) is 0 Å². The maximum absolute atomic E-state index is 13.3. The summed E-state index contributed by atoms with van der Waals surface area (Å²) in [5.41, 5.74) is 7.21. The van der Waals surface area contributed by atoms with Gasteiger partial charge in [0.25, 0.3) is 0 Å². The maximum atomic E-state index is 13.3. The Morgan fingerprint density at radius 3 is 2.83 bits per heavy atom. The number of aromatic nitrogens is 2. The number of nitrogens with zero attached hydrogens (tertiary/aromatic N) is 2. The van der Waals surface area contributed by atoms with Crippen LogP contribution in [0.25, 0.3) is 10.2 Å². The van der Waals surface area contributed by atoms with E-state index in [0.717, 1.165) is 15.8 Å². The normalized spacial score (nSPS) is 11.2. The Balaban J connectivity index is 1.63. The number of ether oxygens (including phenoxy) is 1. The number of halogens is 2. The lowest BCUT2D eigenvalue weighted by Gasteiger charge is -2.07. The molecule has 0 spiro atoms. The van der Waals surface area contributed by atoms with E-state index in [4.69, 9.17) is 10.5 Å². The molecule has 2 N–H and O–H groups in total. The van der Waals surface area contributed by atoms with Crippen LogP contribution in [0.4, 0.5) is 10.2 Å². The van der Waals surface area contributed by atoms with Crippen molar-refractivity contribution in [3.8, 4) is 5.75 Å². The third-order valence-electron chi connectivity index (χ3n) is 3.46. The molecule has 3 rings (SSSR count). The quantitative estimate of drug-likeness (QED) is 0.354. The second-order valence-electron chi connectivity index (χ2n) is 5.16. The van der Waals surface area contributed by atoms with Gasteiger partial charge in [-0.05, 0) is 31.5 Å². The number of nitrogen functional groups attached to an aromatic ring is 1. The van der Waals surface area contributed by atoms with Crippen molar-refractivity contribution in [1.82, 2.24) is 9.97 Å². The lowest BCUT2D eigenvalue weighted by Crippen LogP contribution is -2.02. The molecule has 2 heterocycles. The molecule has 0 saturated heterocycles. The van der Waals surface area contributed by atoms with Crippen molar-refractivity contribution in [2.75, 3.05) is 18.1 Å². The predicted molar refractivity (Wildman–Crippen MR) is 102 cm³/mol. The molecule has 0 atom stereocenters. The second kappa shape index (κ2) is 7.25. The summed E-state index contributed by atoms with van der Waals surface area (Å²) in [6.45, 7) is 4.51. The molecule has 0 radical (unpaired) electrons. The van der Waals surface area contributed by atoms with Crippen molar-refractivity contribution < 1.29 is 9.13 Å². The van der Waals surface area contributed by atoms with Gasteiger partial charge < -0.3 is 10.5 Å². The highest BCUT2D eigenvalue weighted by Gasteiger charge is 2.12. The Kier molecular flexibility index (Phi) is 5.27. The molecule has 1 aromatic carbocycles. The van der Waals surface area contributed by atoms with Crippen LogP contribution in [0.1, 0.15) is 10.4 Å². The summed E-state index contributed by atoms with van der Waals surface area (Å²) in [6, 6.07) is 4.47. The molecule has 24 heavy (non-hydrogen) atoms. The first kappa shape index (κ1) is 17.4. The van der Waals surface area contributed by atoms with Crippen molar-refractivity contribution in [1.29, 1.82) is 0 Å². The molecule has 126 valence electrons. The van der Waals surface area contributed by atoms with E-state index in [0.29, 0.717) is 33.6 Å². The van der Waals surface area contributed by atoms with Gasteiger partial charge in [-0.3, -0.25) is 0 Å². The summed E-state index contributed by atoms with van der Waals surface area (Å²) >= 11 is 6.33. The largest absolute Gasteiger partial charge is 0.493 e. The highest BCUT2D eigenvalue weighted by Crippen LogP contribution is 2.33. The number of aryl methyl sites for hydroxylation is 2. The van der Waals surface area contributed by atoms with Crippen LogP contribution >= 0.6 is 39.0 Å². The number of benzene rings is 1. The Labute approximate surface area is 155 Å². The first-order valence-corrected chi connectivity index (χ1v) is 9.78. The Morgan fingerprint density at radius 1 is 1.29 bits per heavy atom. The van der Waals surface area contributed by atoms with E-state index in [1.807, 2.05) is 6.92 Å². The van der Waals surface area contributed by atoms with Crippen LogP contribution in [0.3, 0.4) is 0 Å². The zero-order chi connectivity index (χ0) is 17.3. The molecular formula is C16H15BrFN3OS2. The summed E-state index contributed by atoms with van der Waals surface area (Å²) in [5, 5.41) is 1.58. The summed E-state index contributed by atoms with van der Waals surface area (Å²) < 4.78 is 19.5. The van der Waals surface area contributed by atoms with E-state index in [2.05, 4.69) is 32.8 Å². The Morgan fingerprint density at radius 2 is 2.08 bits per heavy atom. The molecule has 4 nitrogen and oxygen atoms in total. The highest BCUT2D eigenvalue weighted by atomic mass is 79.9. The molecular weight excluding hydrogens is 413 g/mol. The average Bonchev–Trinajstić information content (AvgIpc) is 2.78. The lowest BCUT2D eigenvalue weighted by atomic mass is 10.2. The zero-order valence-corrected chi connectivity index (χ0v) is 16.3. The number of rotatable bonds is 5. The van der Waals surface area contributed by atoms with Crippen LogP contribution in [0.15, 0.2) is 27.8 Å². The van der Waals surface area contributed by atoms with E-state index in [-0.39, 0.29) is 5.82 Å². The maximum Gasteiger partial charge on any atom is 0.191 e. The molecule has 0 fully saturated rings. The Hall–Kier alpha value is -1.38. The van der Waals surface area contributed by atoms with E-state index in [9.17, 15) is 4.39 Å². The number of fused-ring (bicyclic) bond motifs is 1. The number of hydrogen-bond acceptors (Lipinski definition) is 6. The topological polar surface area (TPSA) is 61.0 Å². The van der Waals surface area contributed by atoms with Crippen molar-refractivity contribution in [3.05, 3.63) is 38.9 Å². The van der Waals surface area contributed by atoms with Gasteiger partial charge in [-0.1, -0.05) is 27.7 Å². The predicted octanol–water partition coefficient (Wildman–Crippen LogP) is 4.96. The van der Waals surface area contributed by atoms with Crippen LogP contribution in [0, 0.1) is 19.7 Å². The summed E-state index contributed by atoms with van der Waals surface area (Å²) in [6.07, 6.45) is 0. The molecule has 0 saturated carbocycles. The molecule has 0 unspecified atom stereocenters. The molecule has 0 bridgehead atoms. The van der Waals surface area contributed by atoms with Gasteiger partial charge in [-0.15, -0.1) is 11.3 Å². The van der Waals surface area contributed by atoms with Crippen LogP contribution in [-0.2, 0) is 0 Å². The molecule has 0 aliphatic heterocycles. The van der Waals surface area contributed by atoms with Gasteiger partial charge in [0.2, 0.25) is 0 Å². The molecule has 8 heteroatoms. The third-order valence-corrected chi connectivity index (χ3v) is 5.83. The monoisotopic (exact) mass is 427 g/mol. The molecule has 0 amide bonds. The van der Waals surface area contributed by atoms with Gasteiger partial charge >= 0.3 is 0 Å². The smallest absolute Gasteiger partial charge is 0.191 e. The fraction of sp³-hybridized carbons (Fsp3) is 0.250. The van der Waals surface area contributed by atoms with Gasteiger partial charge in [0.15, 0.2) is 5.16 Å². The minimum absolute atomic E-state index is 0.336. The molecule has 2 aromatic heterocycles. The molecule has 0 aliphatic carbocycles. The van der Waals surface area contributed by atoms with Crippen LogP contribution in [-0.4, -0.2) is 22.3 Å². The van der Waals surface area contributed by atoms with Gasteiger partial charge in [0.1, 0.15) is 22.2 Å². The van der Waals surface area contributed by atoms with E-state index in [1.165, 1.54) is 28.8 Å². The summed E-state index contributed by atoms with van der Waals surface area (Å²) in [7, 11) is 0. The fourth-order valence-corrected chi connectivity index (χ4v) is 4.44. The number of hydrogen-bond donors (Lipinski definition) is 1. The average molecular weight is 428 g/mol. The molecule has 3 aromatic rings. The lowest BCUT2D eigenvalue weighted by molar-refractivity contribution is 0.341. The highest BCUT2D eigenvalue weighted by molar-refractivity contribution is 9.10. The van der Waals surface area contributed by atoms with Gasteiger partial charge in [0, 0.05) is 21.2 Å². The minimum atomic E-state index is -0.336. The SMILES string of the molecule is Cc1sc2nc(SCCOc3cc(F)cc(Br)c3)nc(N)c2c1C. The number of thioether (sulfide) groups is 1. The first-order chi connectivity index (χ1) is 11.4. The second-order valence-corrected chi connectivity index (χ2v) is 8.34. The minimum Gasteiger partial charge on any atom is -0.493 e. The number of anilines is 1. The van der Waals surface area contributed by atoms with Crippen molar-refractivity contribution in [3.63, 3.8) is 0 Å². The van der Waals surface area contributed by atoms with Crippen molar-refractivity contribution in [2.45, 2.75) is 19.0 Å². The van der Waals surface area contributed by atoms with Crippen LogP contribution < -0.4 is 10.5 Å². The number of nitrogens with two attached hydrogens (primary N) is 1. The van der Waals surface area contributed by atoms with Gasteiger partial charge in [0.05, 0.1) is 12.0 Å². The third kappa shape index (κ3) is 3.81. The first-order valence-electron chi connectivity index (χ1n) is 7.19. The fourth-order valence-electron chi connectivity index (χ4n) is 2.23. The van der Waals surface area contributed by atoms with E-state index < -0.39 is 0 Å². The van der Waals surface area contributed by atoms with Crippen molar-refractivity contribution >= 4 is 55.1 Å². The summed E-state index contributed by atoms with van der Waals surface area (Å²) in [4.78, 5) is 11.0.